The monoisotopic (exact) mass is 325 g/mol. The summed E-state index contributed by atoms with van der Waals surface area (Å²) in [6, 6.07) is 2.90. The third kappa shape index (κ3) is 5.87. The number of amides is 1. The molecule has 0 saturated heterocycles. The zero-order valence-electron chi connectivity index (χ0n) is 10.3. The first-order chi connectivity index (χ1) is 8.90. The van der Waals surface area contributed by atoms with Crippen LogP contribution in [0, 0.1) is 0 Å². The van der Waals surface area contributed by atoms with E-state index in [1.807, 2.05) is 0 Å². The average Bonchev–Trinajstić information content (AvgIpc) is 2.31. The number of aliphatic hydroxyl groups is 1. The highest BCUT2D eigenvalue weighted by Crippen LogP contribution is 2.33. The molecule has 1 aromatic carbocycles. The maximum Gasteiger partial charge on any atom is 0.257 e. The van der Waals surface area contributed by atoms with E-state index in [9.17, 15) is 4.79 Å². The van der Waals surface area contributed by atoms with Gasteiger partial charge in [0.1, 0.15) is 5.75 Å². The maximum atomic E-state index is 11.4. The third-order valence-corrected chi connectivity index (χ3v) is 3.24. The van der Waals surface area contributed by atoms with Crippen LogP contribution in [0.3, 0.4) is 0 Å². The van der Waals surface area contributed by atoms with Gasteiger partial charge in [0.05, 0.1) is 21.2 Å². The molecule has 1 unspecified atom stereocenters. The van der Waals surface area contributed by atoms with E-state index in [1.54, 1.807) is 6.92 Å². The molecule has 19 heavy (non-hydrogen) atoms. The van der Waals surface area contributed by atoms with E-state index in [-0.39, 0.29) is 17.5 Å². The van der Waals surface area contributed by atoms with Crippen molar-refractivity contribution in [3.05, 3.63) is 27.2 Å². The average molecular weight is 327 g/mol. The van der Waals surface area contributed by atoms with Crippen molar-refractivity contribution >= 4 is 40.7 Å². The van der Waals surface area contributed by atoms with Crippen molar-refractivity contribution in [1.29, 1.82) is 0 Å². The van der Waals surface area contributed by atoms with Crippen molar-refractivity contribution in [2.24, 2.45) is 0 Å². The fraction of sp³-hybridized carbons (Fsp3) is 0.417. The number of rotatable bonds is 6. The smallest absolute Gasteiger partial charge is 0.257 e. The van der Waals surface area contributed by atoms with Crippen LogP contribution in [0.5, 0.6) is 5.75 Å². The van der Waals surface area contributed by atoms with Crippen LogP contribution in [0.1, 0.15) is 13.3 Å². The molecule has 7 heteroatoms. The Morgan fingerprint density at radius 3 is 2.58 bits per heavy atom. The van der Waals surface area contributed by atoms with Crippen molar-refractivity contribution in [3.8, 4) is 5.75 Å². The number of aliphatic hydroxyl groups excluding tert-OH is 1. The fourth-order valence-corrected chi connectivity index (χ4v) is 1.82. The number of halogens is 3. The van der Waals surface area contributed by atoms with E-state index < -0.39 is 6.10 Å². The number of hydrogen-bond acceptors (Lipinski definition) is 3. The lowest BCUT2D eigenvalue weighted by atomic mass is 10.3. The minimum Gasteiger partial charge on any atom is -0.482 e. The number of carbonyl (C=O) groups is 1. The van der Waals surface area contributed by atoms with E-state index in [4.69, 9.17) is 44.6 Å². The van der Waals surface area contributed by atoms with Crippen LogP contribution < -0.4 is 10.1 Å². The van der Waals surface area contributed by atoms with Crippen LogP contribution in [0.2, 0.25) is 15.1 Å². The summed E-state index contributed by atoms with van der Waals surface area (Å²) in [6.07, 6.45) is 0.0324. The van der Waals surface area contributed by atoms with E-state index in [0.717, 1.165) is 0 Å². The van der Waals surface area contributed by atoms with Crippen LogP contribution in [-0.4, -0.2) is 30.3 Å². The van der Waals surface area contributed by atoms with Gasteiger partial charge in [-0.1, -0.05) is 34.8 Å². The van der Waals surface area contributed by atoms with Gasteiger partial charge in [-0.05, 0) is 19.4 Å². The molecular weight excluding hydrogens is 312 g/mol. The summed E-state index contributed by atoms with van der Waals surface area (Å²) < 4.78 is 5.24. The second-order valence-electron chi connectivity index (χ2n) is 3.97. The highest BCUT2D eigenvalue weighted by molar-refractivity contribution is 6.43. The summed E-state index contributed by atoms with van der Waals surface area (Å²) in [4.78, 5) is 11.4. The van der Waals surface area contributed by atoms with E-state index in [1.165, 1.54) is 12.1 Å². The van der Waals surface area contributed by atoms with E-state index in [0.29, 0.717) is 28.8 Å². The molecule has 0 bridgehead atoms. The molecule has 0 radical (unpaired) electrons. The summed E-state index contributed by atoms with van der Waals surface area (Å²) >= 11 is 17.5. The Kier molecular flexibility index (Phi) is 6.72. The normalized spacial score (nSPS) is 12.1. The second-order valence-corrected chi connectivity index (χ2v) is 5.19. The van der Waals surface area contributed by atoms with Crippen molar-refractivity contribution in [2.45, 2.75) is 19.4 Å². The molecule has 0 aromatic heterocycles. The molecular formula is C12H14Cl3NO3. The minimum absolute atomic E-state index is 0.183. The molecule has 0 aliphatic rings. The van der Waals surface area contributed by atoms with Gasteiger partial charge in [0, 0.05) is 12.6 Å². The number of hydrogen-bond donors (Lipinski definition) is 2. The van der Waals surface area contributed by atoms with Gasteiger partial charge in [0.25, 0.3) is 5.91 Å². The maximum absolute atomic E-state index is 11.4. The molecule has 0 aliphatic heterocycles. The Balaban J connectivity index is 2.44. The summed E-state index contributed by atoms with van der Waals surface area (Å²) in [5.74, 6) is -0.00969. The topological polar surface area (TPSA) is 58.6 Å². The highest BCUT2D eigenvalue weighted by atomic mass is 35.5. The molecule has 0 heterocycles. The van der Waals surface area contributed by atoms with Gasteiger partial charge in [-0.3, -0.25) is 4.79 Å². The molecule has 0 saturated carbocycles. The second kappa shape index (κ2) is 7.80. The third-order valence-electron chi connectivity index (χ3n) is 2.22. The number of ether oxygens (including phenoxy) is 1. The highest BCUT2D eigenvalue weighted by Gasteiger charge is 2.09. The predicted octanol–water partition coefficient (Wildman–Crippen LogP) is 2.91. The Morgan fingerprint density at radius 1 is 1.32 bits per heavy atom. The quantitative estimate of drug-likeness (QED) is 0.790. The molecule has 2 N–H and O–H groups in total. The van der Waals surface area contributed by atoms with Gasteiger partial charge >= 0.3 is 0 Å². The van der Waals surface area contributed by atoms with Gasteiger partial charge in [0.2, 0.25) is 0 Å². The first kappa shape index (κ1) is 16.4. The first-order valence-corrected chi connectivity index (χ1v) is 6.75. The largest absolute Gasteiger partial charge is 0.482 e. The van der Waals surface area contributed by atoms with Gasteiger partial charge in [-0.2, -0.15) is 0 Å². The molecule has 1 aromatic rings. The Bertz CT molecular complexity index is 452. The summed E-state index contributed by atoms with van der Waals surface area (Å²) in [5.41, 5.74) is 0. The molecule has 0 aliphatic carbocycles. The Morgan fingerprint density at radius 2 is 1.95 bits per heavy atom. The first-order valence-electron chi connectivity index (χ1n) is 5.62. The summed E-state index contributed by atoms with van der Waals surface area (Å²) in [6.45, 7) is 1.85. The molecule has 1 atom stereocenters. The minimum atomic E-state index is -0.453. The Hall–Kier alpha value is -0.680. The van der Waals surface area contributed by atoms with Crippen molar-refractivity contribution in [3.63, 3.8) is 0 Å². The van der Waals surface area contributed by atoms with Crippen LogP contribution in [0.25, 0.3) is 0 Å². The van der Waals surface area contributed by atoms with Crippen molar-refractivity contribution < 1.29 is 14.6 Å². The lowest BCUT2D eigenvalue weighted by molar-refractivity contribution is -0.123. The van der Waals surface area contributed by atoms with E-state index in [2.05, 4.69) is 5.32 Å². The molecule has 0 fully saturated rings. The number of benzene rings is 1. The Labute approximate surface area is 126 Å². The standard InChI is InChI=1S/C12H14Cl3NO3/c1-7(17)2-3-16-12(18)6-19-11-5-9(14)8(13)4-10(11)15/h4-5,7,17H,2-3,6H2,1H3,(H,16,18). The molecule has 1 rings (SSSR count). The lowest BCUT2D eigenvalue weighted by Crippen LogP contribution is -2.31. The van der Waals surface area contributed by atoms with Crippen LogP contribution >= 0.6 is 34.8 Å². The van der Waals surface area contributed by atoms with Crippen LogP contribution in [0.15, 0.2) is 12.1 Å². The predicted molar refractivity (Wildman–Crippen MR) is 76.3 cm³/mol. The SMILES string of the molecule is CC(O)CCNC(=O)COc1cc(Cl)c(Cl)cc1Cl. The van der Waals surface area contributed by atoms with Gasteiger partial charge in [-0.15, -0.1) is 0 Å². The van der Waals surface area contributed by atoms with Crippen molar-refractivity contribution in [1.82, 2.24) is 5.32 Å². The number of nitrogens with one attached hydrogen (secondary N) is 1. The van der Waals surface area contributed by atoms with E-state index >= 15 is 0 Å². The van der Waals surface area contributed by atoms with Crippen molar-refractivity contribution in [2.75, 3.05) is 13.2 Å². The zero-order valence-corrected chi connectivity index (χ0v) is 12.5. The fourth-order valence-electron chi connectivity index (χ4n) is 1.23. The molecule has 106 valence electrons. The summed E-state index contributed by atoms with van der Waals surface area (Å²) in [7, 11) is 0. The van der Waals surface area contributed by atoms with Gasteiger partial charge < -0.3 is 15.2 Å². The lowest BCUT2D eigenvalue weighted by Gasteiger charge is -2.10. The van der Waals surface area contributed by atoms with Crippen LogP contribution in [0.4, 0.5) is 0 Å². The molecule has 1 amide bonds. The zero-order chi connectivity index (χ0) is 14.4. The van der Waals surface area contributed by atoms with Crippen LogP contribution in [-0.2, 0) is 4.79 Å². The molecule has 4 nitrogen and oxygen atoms in total. The number of carbonyl (C=O) groups excluding carboxylic acids is 1. The summed E-state index contributed by atoms with van der Waals surface area (Å²) in [5, 5.41) is 12.5. The van der Waals surface area contributed by atoms with Gasteiger partial charge in [-0.25, -0.2) is 0 Å². The molecule has 0 spiro atoms. The van der Waals surface area contributed by atoms with Gasteiger partial charge in [0.15, 0.2) is 6.61 Å².